The van der Waals surface area contributed by atoms with Gasteiger partial charge in [-0.15, -0.1) is 0 Å². The Morgan fingerprint density at radius 1 is 1.20 bits per heavy atom. The summed E-state index contributed by atoms with van der Waals surface area (Å²) < 4.78 is 0. The molecule has 1 aromatic rings. The molecule has 0 atom stereocenters. The molecule has 2 N–H and O–H groups in total. The minimum atomic E-state index is -1.21. The molecule has 0 spiro atoms. The number of carbonyl (C=O) groups excluding carboxylic acids is 2. The number of non-ortho nitro benzene ring substituents is 1. The van der Waals surface area contributed by atoms with Gasteiger partial charge in [-0.3, -0.25) is 30.4 Å². The Morgan fingerprint density at radius 3 is 2.35 bits per heavy atom. The zero-order valence-electron chi connectivity index (χ0n) is 9.98. The van der Waals surface area contributed by atoms with Crippen molar-refractivity contribution in [2.24, 2.45) is 0 Å². The number of hydrogen-bond acceptors (Lipinski definition) is 9. The molecule has 11 heteroatoms. The Morgan fingerprint density at radius 2 is 1.85 bits per heavy atom. The fraction of sp³-hybridized carbons (Fsp3) is 0.111. The number of Topliss-reactive ketones (excluding diaryl/α,β-unsaturated/α-hetero) is 1. The van der Waals surface area contributed by atoms with E-state index in [0.717, 1.165) is 25.1 Å². The average Bonchev–Trinajstić information content (AvgIpc) is 2.38. The van der Waals surface area contributed by atoms with E-state index in [4.69, 9.17) is 0 Å². The summed E-state index contributed by atoms with van der Waals surface area (Å²) in [6.07, 6.45) is 0. The number of benzene rings is 1. The number of carbonyl (C=O) groups is 2. The lowest BCUT2D eigenvalue weighted by Crippen LogP contribution is -2.29. The number of hydrogen-bond donors (Lipinski definition) is 2. The second-order valence-corrected chi connectivity index (χ2v) is 3.39. The fourth-order valence-electron chi connectivity index (χ4n) is 1.09. The molecule has 0 saturated carbocycles. The number of nitro groups is 2. The van der Waals surface area contributed by atoms with Crippen LogP contribution in [-0.2, 0) is 14.4 Å². The van der Waals surface area contributed by atoms with Crippen LogP contribution in [0.25, 0.3) is 0 Å². The molecule has 1 aromatic carbocycles. The van der Waals surface area contributed by atoms with E-state index in [-0.39, 0.29) is 5.69 Å². The quantitative estimate of drug-likeness (QED) is 0.430. The highest BCUT2D eigenvalue weighted by molar-refractivity contribution is 6.32. The van der Waals surface area contributed by atoms with Gasteiger partial charge in [0.2, 0.25) is 5.78 Å². The number of nitrogens with zero attached hydrogens (tertiary/aromatic N) is 2. The van der Waals surface area contributed by atoms with Crippen LogP contribution in [0.15, 0.2) is 18.2 Å². The van der Waals surface area contributed by atoms with E-state index in [0.29, 0.717) is 0 Å². The molecule has 0 unspecified atom stereocenters. The molecule has 0 aliphatic carbocycles. The summed E-state index contributed by atoms with van der Waals surface area (Å²) in [5, 5.41) is 21.3. The molecule has 0 aliphatic rings. The summed E-state index contributed by atoms with van der Waals surface area (Å²) >= 11 is 0. The number of rotatable bonds is 6. The van der Waals surface area contributed by atoms with Crippen molar-refractivity contribution < 1.29 is 24.3 Å². The van der Waals surface area contributed by atoms with Crippen LogP contribution in [-0.4, -0.2) is 21.6 Å². The van der Waals surface area contributed by atoms with E-state index in [1.54, 1.807) is 0 Å². The summed E-state index contributed by atoms with van der Waals surface area (Å²) in [6.45, 7) is 0.971. The Balaban J connectivity index is 2.84. The van der Waals surface area contributed by atoms with Gasteiger partial charge >= 0.3 is 11.7 Å². The lowest BCUT2D eigenvalue weighted by molar-refractivity contribution is -0.393. The summed E-state index contributed by atoms with van der Waals surface area (Å²) in [5.74, 6) is -2.08. The number of ketones is 1. The molecule has 0 aliphatic heterocycles. The Labute approximate surface area is 110 Å². The summed E-state index contributed by atoms with van der Waals surface area (Å²) in [7, 11) is 0. The molecular formula is C9H8N4O7. The van der Waals surface area contributed by atoms with Crippen LogP contribution in [0.5, 0.6) is 0 Å². The van der Waals surface area contributed by atoms with Crippen molar-refractivity contribution in [1.29, 1.82) is 0 Å². The van der Waals surface area contributed by atoms with Gasteiger partial charge in [-0.2, -0.15) is 0 Å². The number of nitrogens with one attached hydrogen (secondary N) is 2. The maximum absolute atomic E-state index is 10.8. The molecule has 106 valence electrons. The zero-order chi connectivity index (χ0) is 15.3. The normalized spacial score (nSPS) is 9.65. The molecule has 0 heterocycles. The Bertz CT molecular complexity index is 586. The minimum Gasteiger partial charge on any atom is -0.344 e. The van der Waals surface area contributed by atoms with E-state index >= 15 is 0 Å². The number of anilines is 1. The summed E-state index contributed by atoms with van der Waals surface area (Å²) in [6, 6.07) is 2.80. The minimum absolute atomic E-state index is 0.183. The van der Waals surface area contributed by atoms with Gasteiger partial charge in [-0.25, -0.2) is 4.79 Å². The van der Waals surface area contributed by atoms with Crippen molar-refractivity contribution in [1.82, 2.24) is 5.59 Å². The standard InChI is InChI=1S/C9H8N4O7/c1-5(14)9(15)20-11-10-7-3-2-6(12(16)17)4-8(7)13(18)19/h2-4,10-11H,1H3. The van der Waals surface area contributed by atoms with Crippen LogP contribution in [0.2, 0.25) is 0 Å². The molecule has 0 radical (unpaired) electrons. The first kappa shape index (κ1) is 15.0. The van der Waals surface area contributed by atoms with Crippen molar-refractivity contribution in [3.8, 4) is 0 Å². The first-order valence-electron chi connectivity index (χ1n) is 4.98. The molecule has 0 fully saturated rings. The highest BCUT2D eigenvalue weighted by Gasteiger charge is 2.19. The average molecular weight is 284 g/mol. The third-order valence-electron chi connectivity index (χ3n) is 2.01. The van der Waals surface area contributed by atoms with Gasteiger partial charge in [-0.05, 0) is 6.07 Å². The lowest BCUT2D eigenvalue weighted by Gasteiger charge is -2.07. The van der Waals surface area contributed by atoms with Gasteiger partial charge in [0.25, 0.3) is 5.69 Å². The second kappa shape index (κ2) is 6.19. The van der Waals surface area contributed by atoms with E-state index in [2.05, 4.69) is 10.3 Å². The highest BCUT2D eigenvalue weighted by atomic mass is 16.7. The van der Waals surface area contributed by atoms with Crippen LogP contribution in [0.4, 0.5) is 17.1 Å². The molecule has 11 nitrogen and oxygen atoms in total. The maximum Gasteiger partial charge on any atom is 0.394 e. The number of nitro benzene ring substituents is 2. The largest absolute Gasteiger partial charge is 0.394 e. The summed E-state index contributed by atoms with van der Waals surface area (Å²) in [5.41, 5.74) is 2.71. The van der Waals surface area contributed by atoms with Crippen LogP contribution in [0.3, 0.4) is 0 Å². The van der Waals surface area contributed by atoms with Gasteiger partial charge in [0.15, 0.2) is 0 Å². The summed E-state index contributed by atoms with van der Waals surface area (Å²) in [4.78, 5) is 45.2. The third kappa shape index (κ3) is 3.71. The van der Waals surface area contributed by atoms with Crippen LogP contribution in [0, 0.1) is 20.2 Å². The first-order chi connectivity index (χ1) is 9.32. The topological polar surface area (TPSA) is 154 Å². The molecule has 1 rings (SSSR count). The van der Waals surface area contributed by atoms with Gasteiger partial charge in [0.05, 0.1) is 15.9 Å². The SMILES string of the molecule is CC(=O)C(=O)ONNc1ccc([N+](=O)[O-])cc1[N+](=O)[O-]. The van der Waals surface area contributed by atoms with Crippen LogP contribution in [0.1, 0.15) is 6.92 Å². The molecule has 0 saturated heterocycles. The van der Waals surface area contributed by atoms with Gasteiger partial charge in [0, 0.05) is 13.0 Å². The zero-order valence-corrected chi connectivity index (χ0v) is 9.98. The Hall–Kier alpha value is -3.08. The lowest BCUT2D eigenvalue weighted by atomic mass is 10.2. The van der Waals surface area contributed by atoms with Crippen LogP contribution >= 0.6 is 0 Å². The molecule has 0 amide bonds. The van der Waals surface area contributed by atoms with Crippen molar-refractivity contribution in [2.45, 2.75) is 6.92 Å². The van der Waals surface area contributed by atoms with Crippen molar-refractivity contribution in [3.63, 3.8) is 0 Å². The Kier molecular flexibility index (Phi) is 4.64. The maximum atomic E-state index is 10.8. The van der Waals surface area contributed by atoms with E-state index in [1.807, 2.05) is 5.59 Å². The van der Waals surface area contributed by atoms with Gasteiger partial charge in [-0.1, -0.05) is 5.59 Å². The van der Waals surface area contributed by atoms with Crippen molar-refractivity contribution in [3.05, 3.63) is 38.4 Å². The highest BCUT2D eigenvalue weighted by Crippen LogP contribution is 2.28. The second-order valence-electron chi connectivity index (χ2n) is 3.39. The smallest absolute Gasteiger partial charge is 0.344 e. The van der Waals surface area contributed by atoms with Crippen LogP contribution < -0.4 is 11.0 Å². The first-order valence-corrected chi connectivity index (χ1v) is 4.98. The third-order valence-corrected chi connectivity index (χ3v) is 2.01. The fourth-order valence-corrected chi connectivity index (χ4v) is 1.09. The monoisotopic (exact) mass is 284 g/mol. The molecule has 0 bridgehead atoms. The molecule has 20 heavy (non-hydrogen) atoms. The molecular weight excluding hydrogens is 276 g/mol. The molecule has 0 aromatic heterocycles. The van der Waals surface area contributed by atoms with Crippen molar-refractivity contribution in [2.75, 3.05) is 5.43 Å². The number of hydrazine groups is 1. The van der Waals surface area contributed by atoms with E-state index < -0.39 is 33.0 Å². The predicted molar refractivity (Wildman–Crippen MR) is 63.3 cm³/mol. The van der Waals surface area contributed by atoms with Gasteiger partial charge in [0.1, 0.15) is 5.69 Å². The predicted octanol–water partition coefficient (Wildman–Crippen LogP) is 0.467. The van der Waals surface area contributed by atoms with E-state index in [9.17, 15) is 29.8 Å². The van der Waals surface area contributed by atoms with Crippen molar-refractivity contribution >= 4 is 28.8 Å². The van der Waals surface area contributed by atoms with E-state index in [1.165, 1.54) is 0 Å². The van der Waals surface area contributed by atoms with Gasteiger partial charge < -0.3 is 4.84 Å².